The van der Waals surface area contributed by atoms with Crippen LogP contribution in [0.3, 0.4) is 0 Å². The standard InChI is InChI=1S/C12H11BN2O4/c16-13(17)12-10(8-9-4-2-1-3-5-9)11(15(18)19)6-7-14-12/h1-7,16-17H,8H2. The fourth-order valence-electron chi connectivity index (χ4n) is 1.87. The number of nitro groups is 1. The molecule has 6 nitrogen and oxygen atoms in total. The van der Waals surface area contributed by atoms with Gasteiger partial charge in [-0.3, -0.25) is 15.1 Å². The average molecular weight is 258 g/mol. The Morgan fingerprint density at radius 3 is 2.47 bits per heavy atom. The highest BCUT2D eigenvalue weighted by atomic mass is 16.6. The summed E-state index contributed by atoms with van der Waals surface area (Å²) in [4.78, 5) is 14.3. The third-order valence-electron chi connectivity index (χ3n) is 2.73. The van der Waals surface area contributed by atoms with E-state index in [2.05, 4.69) is 4.98 Å². The highest BCUT2D eigenvalue weighted by Crippen LogP contribution is 2.19. The van der Waals surface area contributed by atoms with Gasteiger partial charge in [0.25, 0.3) is 5.69 Å². The predicted octanol–water partition coefficient (Wildman–Crippen LogP) is 0.260. The van der Waals surface area contributed by atoms with Gasteiger partial charge in [-0.05, 0) is 5.56 Å². The van der Waals surface area contributed by atoms with Crippen molar-refractivity contribution in [3.8, 4) is 0 Å². The van der Waals surface area contributed by atoms with Crippen molar-refractivity contribution < 1.29 is 15.0 Å². The van der Waals surface area contributed by atoms with Crippen LogP contribution in [0, 0.1) is 10.1 Å². The minimum absolute atomic E-state index is 0.0851. The van der Waals surface area contributed by atoms with Crippen LogP contribution in [-0.2, 0) is 6.42 Å². The number of benzene rings is 1. The lowest BCUT2D eigenvalue weighted by Gasteiger charge is -2.08. The van der Waals surface area contributed by atoms with Gasteiger partial charge in [-0.25, -0.2) is 0 Å². The van der Waals surface area contributed by atoms with Gasteiger partial charge in [0, 0.05) is 18.7 Å². The molecule has 2 N–H and O–H groups in total. The van der Waals surface area contributed by atoms with E-state index in [4.69, 9.17) is 0 Å². The first-order valence-electron chi connectivity index (χ1n) is 5.62. The van der Waals surface area contributed by atoms with Gasteiger partial charge >= 0.3 is 7.12 Å². The molecule has 19 heavy (non-hydrogen) atoms. The van der Waals surface area contributed by atoms with Crippen molar-refractivity contribution in [2.24, 2.45) is 0 Å². The van der Waals surface area contributed by atoms with Crippen molar-refractivity contribution in [1.29, 1.82) is 0 Å². The number of hydrogen-bond acceptors (Lipinski definition) is 5. The molecule has 1 heterocycles. The topological polar surface area (TPSA) is 96.5 Å². The molecule has 1 aromatic heterocycles. The van der Waals surface area contributed by atoms with Crippen LogP contribution in [-0.4, -0.2) is 27.1 Å². The van der Waals surface area contributed by atoms with Crippen LogP contribution < -0.4 is 5.59 Å². The summed E-state index contributed by atoms with van der Waals surface area (Å²) in [6.45, 7) is 0. The summed E-state index contributed by atoms with van der Waals surface area (Å²) < 4.78 is 0. The monoisotopic (exact) mass is 258 g/mol. The number of nitrogens with zero attached hydrogens (tertiary/aromatic N) is 2. The zero-order chi connectivity index (χ0) is 13.8. The Balaban J connectivity index is 2.49. The molecule has 0 atom stereocenters. The molecule has 2 rings (SSSR count). The van der Waals surface area contributed by atoms with Crippen molar-refractivity contribution in [3.63, 3.8) is 0 Å². The van der Waals surface area contributed by atoms with Crippen LogP contribution in [0.25, 0.3) is 0 Å². The first-order valence-corrected chi connectivity index (χ1v) is 5.62. The van der Waals surface area contributed by atoms with Crippen molar-refractivity contribution in [3.05, 3.63) is 63.8 Å². The van der Waals surface area contributed by atoms with Crippen LogP contribution in [0.5, 0.6) is 0 Å². The summed E-state index contributed by atoms with van der Waals surface area (Å²) in [7, 11) is -1.83. The largest absolute Gasteiger partial charge is 0.508 e. The summed E-state index contributed by atoms with van der Waals surface area (Å²) >= 11 is 0. The molecule has 2 aromatic rings. The molecular formula is C12H11BN2O4. The molecule has 0 aliphatic heterocycles. The summed E-state index contributed by atoms with van der Waals surface area (Å²) in [5.74, 6) is 0. The van der Waals surface area contributed by atoms with Crippen LogP contribution in [0.1, 0.15) is 11.1 Å². The van der Waals surface area contributed by atoms with Gasteiger partial charge in [-0.1, -0.05) is 30.3 Å². The molecule has 96 valence electrons. The van der Waals surface area contributed by atoms with E-state index < -0.39 is 12.0 Å². The van der Waals surface area contributed by atoms with Gasteiger partial charge in [0.15, 0.2) is 0 Å². The van der Waals surface area contributed by atoms with Gasteiger partial charge < -0.3 is 10.0 Å². The van der Waals surface area contributed by atoms with E-state index in [1.165, 1.54) is 12.3 Å². The predicted molar refractivity (Wildman–Crippen MR) is 70.0 cm³/mol. The highest BCUT2D eigenvalue weighted by molar-refractivity contribution is 6.58. The molecule has 0 aliphatic carbocycles. The molecule has 0 radical (unpaired) electrons. The normalized spacial score (nSPS) is 10.2. The van der Waals surface area contributed by atoms with E-state index in [0.29, 0.717) is 0 Å². The number of pyridine rings is 1. The van der Waals surface area contributed by atoms with E-state index in [1.54, 1.807) is 0 Å². The SMILES string of the molecule is O=[N+]([O-])c1ccnc(B(O)O)c1Cc1ccccc1. The van der Waals surface area contributed by atoms with E-state index in [1.807, 2.05) is 30.3 Å². The van der Waals surface area contributed by atoms with E-state index in [9.17, 15) is 20.2 Å². The maximum absolute atomic E-state index is 11.0. The Hall–Kier alpha value is -2.25. The Labute approximate surface area is 109 Å². The highest BCUT2D eigenvalue weighted by Gasteiger charge is 2.25. The fourth-order valence-corrected chi connectivity index (χ4v) is 1.87. The molecule has 0 spiro atoms. The van der Waals surface area contributed by atoms with Crippen LogP contribution in [0.2, 0.25) is 0 Å². The van der Waals surface area contributed by atoms with Gasteiger partial charge in [0.05, 0.1) is 16.1 Å². The Bertz CT molecular complexity index is 590. The smallest absolute Gasteiger partial charge is 0.422 e. The molecule has 0 fully saturated rings. The lowest BCUT2D eigenvalue weighted by Crippen LogP contribution is -2.36. The van der Waals surface area contributed by atoms with Crippen molar-refractivity contribution in [1.82, 2.24) is 4.98 Å². The zero-order valence-corrected chi connectivity index (χ0v) is 9.93. The zero-order valence-electron chi connectivity index (χ0n) is 9.93. The summed E-state index contributed by atoms with van der Waals surface area (Å²) in [6, 6.07) is 10.3. The first kappa shape index (κ1) is 13.2. The number of rotatable bonds is 4. The van der Waals surface area contributed by atoms with Gasteiger partial charge in [0.2, 0.25) is 0 Å². The second kappa shape index (κ2) is 5.60. The molecule has 0 unspecified atom stereocenters. The lowest BCUT2D eigenvalue weighted by atomic mass is 9.80. The molecule has 1 aromatic carbocycles. The Morgan fingerprint density at radius 1 is 1.21 bits per heavy atom. The molecule has 0 bridgehead atoms. The van der Waals surface area contributed by atoms with Crippen LogP contribution in [0.4, 0.5) is 5.69 Å². The maximum atomic E-state index is 11.0. The van der Waals surface area contributed by atoms with Gasteiger partial charge in [-0.15, -0.1) is 0 Å². The third kappa shape index (κ3) is 2.96. The first-order chi connectivity index (χ1) is 9.09. The van der Waals surface area contributed by atoms with E-state index in [0.717, 1.165) is 5.56 Å². The van der Waals surface area contributed by atoms with Crippen molar-refractivity contribution in [2.75, 3.05) is 0 Å². The molecular weight excluding hydrogens is 247 g/mol. The average Bonchev–Trinajstić information content (AvgIpc) is 2.39. The molecule has 0 aliphatic rings. The van der Waals surface area contributed by atoms with Crippen molar-refractivity contribution >= 4 is 18.4 Å². The van der Waals surface area contributed by atoms with E-state index >= 15 is 0 Å². The summed E-state index contributed by atoms with van der Waals surface area (Å²) in [5, 5.41) is 29.5. The van der Waals surface area contributed by atoms with Gasteiger partial charge in [0.1, 0.15) is 0 Å². The quantitative estimate of drug-likeness (QED) is 0.465. The molecule has 7 heteroatoms. The van der Waals surface area contributed by atoms with E-state index in [-0.39, 0.29) is 23.3 Å². The minimum atomic E-state index is -1.83. The molecule has 0 amide bonds. The second-order valence-electron chi connectivity index (χ2n) is 3.99. The fraction of sp³-hybridized carbons (Fsp3) is 0.0833. The maximum Gasteiger partial charge on any atom is 0.508 e. The summed E-state index contributed by atoms with van der Waals surface area (Å²) in [6.07, 6.45) is 1.42. The number of aromatic nitrogens is 1. The Morgan fingerprint density at radius 2 is 1.89 bits per heavy atom. The lowest BCUT2D eigenvalue weighted by molar-refractivity contribution is -0.385. The summed E-state index contributed by atoms with van der Waals surface area (Å²) in [5.41, 5.74) is 0.800. The second-order valence-corrected chi connectivity index (χ2v) is 3.99. The van der Waals surface area contributed by atoms with Gasteiger partial charge in [-0.2, -0.15) is 0 Å². The molecule has 0 saturated heterocycles. The van der Waals surface area contributed by atoms with Crippen molar-refractivity contribution in [2.45, 2.75) is 6.42 Å². The molecule has 0 saturated carbocycles. The Kier molecular flexibility index (Phi) is 3.89. The van der Waals surface area contributed by atoms with Crippen LogP contribution >= 0.6 is 0 Å². The van der Waals surface area contributed by atoms with Crippen LogP contribution in [0.15, 0.2) is 42.6 Å². The minimum Gasteiger partial charge on any atom is -0.422 e. The number of hydrogen-bond donors (Lipinski definition) is 2. The third-order valence-corrected chi connectivity index (χ3v) is 2.73.